The monoisotopic (exact) mass is 526 g/mol. The van der Waals surface area contributed by atoms with Crippen LogP contribution in [0.2, 0.25) is 0 Å². The fourth-order valence-electron chi connectivity index (χ4n) is 3.70. The summed E-state index contributed by atoms with van der Waals surface area (Å²) in [5, 5.41) is 4.15. The summed E-state index contributed by atoms with van der Waals surface area (Å²) in [4.78, 5) is 31.6. The minimum absolute atomic E-state index is 0.0556. The predicted octanol–water partition coefficient (Wildman–Crippen LogP) is 4.61. The molecule has 0 aliphatic carbocycles. The Morgan fingerprint density at radius 3 is 2.55 bits per heavy atom. The Balaban J connectivity index is 1.36. The van der Waals surface area contributed by atoms with Crippen LogP contribution in [0.15, 0.2) is 73.2 Å². The molecule has 0 spiro atoms. The van der Waals surface area contributed by atoms with E-state index in [1.54, 1.807) is 49.5 Å². The smallest absolute Gasteiger partial charge is 0.416 e. The number of carbonyl (C=O) groups excluding carboxylic acids is 2. The van der Waals surface area contributed by atoms with Gasteiger partial charge in [0.05, 0.1) is 17.9 Å². The summed E-state index contributed by atoms with van der Waals surface area (Å²) < 4.78 is 49.4. The number of fused-ring (bicyclic) bond motifs is 1. The topological polar surface area (TPSA) is 119 Å². The van der Waals surface area contributed by atoms with Crippen LogP contribution in [0.1, 0.15) is 28.5 Å². The third-order valence-electron chi connectivity index (χ3n) is 5.66. The van der Waals surface area contributed by atoms with Gasteiger partial charge in [-0.2, -0.15) is 13.2 Å². The predicted molar refractivity (Wildman–Crippen MR) is 134 cm³/mol. The fourth-order valence-corrected chi connectivity index (χ4v) is 3.70. The first-order chi connectivity index (χ1) is 18.1. The van der Waals surface area contributed by atoms with Gasteiger partial charge in [0, 0.05) is 29.3 Å². The summed E-state index contributed by atoms with van der Waals surface area (Å²) >= 11 is 0. The number of halogens is 3. The summed E-state index contributed by atoms with van der Waals surface area (Å²) in [6, 6.07) is 13.2. The van der Waals surface area contributed by atoms with E-state index in [-0.39, 0.29) is 24.7 Å². The number of rotatable bonds is 9. The Kier molecular flexibility index (Phi) is 7.96. The van der Waals surface area contributed by atoms with E-state index >= 15 is 0 Å². The normalized spacial score (nSPS) is 13.1. The fraction of sp³-hybridized carbons (Fsp3) is 0.222. The molecule has 4 rings (SSSR count). The molecule has 4 aromatic rings. The lowest BCUT2D eigenvalue weighted by Crippen LogP contribution is -2.40. The first-order valence-corrected chi connectivity index (χ1v) is 11.7. The number of aromatic amines is 1. The minimum atomic E-state index is -4.43. The highest BCUT2D eigenvalue weighted by atomic mass is 19.4. The van der Waals surface area contributed by atoms with Crippen LogP contribution in [0.5, 0.6) is 11.5 Å². The van der Waals surface area contributed by atoms with Gasteiger partial charge in [0.1, 0.15) is 24.1 Å². The SMILES string of the molecule is C[C@H](COC(=O)[C@@H](N)Cc1cnc[nH]1)NC(=O)c1ccc2c(Oc3ccc(C(F)(F)F)cc3)cccc2c1. The van der Waals surface area contributed by atoms with Crippen molar-refractivity contribution in [3.05, 3.63) is 90.0 Å². The molecule has 1 heterocycles. The molecule has 1 amide bonds. The number of nitrogens with one attached hydrogen (secondary N) is 2. The second-order valence-electron chi connectivity index (χ2n) is 8.71. The van der Waals surface area contributed by atoms with E-state index in [2.05, 4.69) is 15.3 Å². The van der Waals surface area contributed by atoms with Crippen LogP contribution in [0.4, 0.5) is 13.2 Å². The van der Waals surface area contributed by atoms with Crippen LogP contribution < -0.4 is 15.8 Å². The van der Waals surface area contributed by atoms with Gasteiger partial charge < -0.3 is 25.5 Å². The van der Waals surface area contributed by atoms with E-state index in [4.69, 9.17) is 15.2 Å². The zero-order valence-electron chi connectivity index (χ0n) is 20.3. The summed E-state index contributed by atoms with van der Waals surface area (Å²) in [5.74, 6) is -0.279. The molecular weight excluding hydrogens is 501 g/mol. The van der Waals surface area contributed by atoms with E-state index in [9.17, 15) is 22.8 Å². The molecule has 0 radical (unpaired) electrons. The van der Waals surface area contributed by atoms with Crippen molar-refractivity contribution in [2.45, 2.75) is 31.6 Å². The number of aromatic nitrogens is 2. The number of esters is 1. The number of benzene rings is 3. The van der Waals surface area contributed by atoms with Crippen LogP contribution in [0, 0.1) is 0 Å². The average molecular weight is 527 g/mol. The molecule has 11 heteroatoms. The van der Waals surface area contributed by atoms with Gasteiger partial charge in [0.15, 0.2) is 0 Å². The highest BCUT2D eigenvalue weighted by Gasteiger charge is 2.30. The van der Waals surface area contributed by atoms with Crippen molar-refractivity contribution in [2.75, 3.05) is 6.61 Å². The van der Waals surface area contributed by atoms with Crippen molar-refractivity contribution < 1.29 is 32.2 Å². The Labute approximate surface area is 216 Å². The number of H-pyrrole nitrogens is 1. The molecule has 1 aromatic heterocycles. The molecule has 4 N–H and O–H groups in total. The molecule has 0 fully saturated rings. The zero-order valence-corrected chi connectivity index (χ0v) is 20.3. The Morgan fingerprint density at radius 1 is 1.11 bits per heavy atom. The molecule has 2 atom stereocenters. The van der Waals surface area contributed by atoms with Gasteiger partial charge in [-0.25, -0.2) is 4.98 Å². The number of hydrogen-bond donors (Lipinski definition) is 3. The summed E-state index contributed by atoms with van der Waals surface area (Å²) in [5.41, 5.74) is 6.18. The number of alkyl halides is 3. The van der Waals surface area contributed by atoms with Crippen molar-refractivity contribution in [1.29, 1.82) is 0 Å². The number of imidazole rings is 1. The van der Waals surface area contributed by atoms with E-state index in [0.717, 1.165) is 12.1 Å². The third-order valence-corrected chi connectivity index (χ3v) is 5.66. The molecule has 0 unspecified atom stereocenters. The van der Waals surface area contributed by atoms with Crippen LogP contribution >= 0.6 is 0 Å². The molecular formula is C27H25F3N4O4. The van der Waals surface area contributed by atoms with Gasteiger partial charge in [-0.3, -0.25) is 9.59 Å². The molecule has 0 saturated carbocycles. The number of amides is 1. The van der Waals surface area contributed by atoms with Crippen LogP contribution in [-0.4, -0.2) is 40.5 Å². The molecule has 38 heavy (non-hydrogen) atoms. The largest absolute Gasteiger partial charge is 0.462 e. The number of carbonyl (C=O) groups is 2. The van der Waals surface area contributed by atoms with Crippen LogP contribution in [0.3, 0.4) is 0 Å². The standard InChI is InChI=1S/C27H25F3N4O4/c1-16(14-37-26(36)23(31)12-20-13-32-15-33-20)34-25(35)18-5-10-22-17(11-18)3-2-4-24(22)38-21-8-6-19(7-9-21)27(28,29)30/h2-11,13,15-16,23H,12,14,31H2,1H3,(H,32,33)(H,34,35)/t16-,23+/m1/s1. The van der Waals surface area contributed by atoms with E-state index in [0.29, 0.717) is 27.8 Å². The molecule has 3 aromatic carbocycles. The maximum absolute atomic E-state index is 12.8. The Hall–Kier alpha value is -4.38. The van der Waals surface area contributed by atoms with Crippen molar-refractivity contribution >= 4 is 22.6 Å². The summed E-state index contributed by atoms with van der Waals surface area (Å²) in [6.07, 6.45) is -1.11. The van der Waals surface area contributed by atoms with E-state index in [1.807, 2.05) is 0 Å². The molecule has 0 bridgehead atoms. The Morgan fingerprint density at radius 2 is 1.87 bits per heavy atom. The van der Waals surface area contributed by atoms with Gasteiger partial charge in [0.2, 0.25) is 0 Å². The minimum Gasteiger partial charge on any atom is -0.462 e. The second kappa shape index (κ2) is 11.3. The van der Waals surface area contributed by atoms with Gasteiger partial charge in [-0.15, -0.1) is 0 Å². The van der Waals surface area contributed by atoms with Crippen LogP contribution in [-0.2, 0) is 22.1 Å². The number of hydrogen-bond acceptors (Lipinski definition) is 6. The third kappa shape index (κ3) is 6.68. The maximum Gasteiger partial charge on any atom is 0.416 e. The highest BCUT2D eigenvalue weighted by molar-refractivity contribution is 6.00. The van der Waals surface area contributed by atoms with E-state index < -0.39 is 29.8 Å². The highest BCUT2D eigenvalue weighted by Crippen LogP contribution is 2.33. The average Bonchev–Trinajstić information content (AvgIpc) is 3.40. The maximum atomic E-state index is 12.8. The second-order valence-corrected chi connectivity index (χ2v) is 8.71. The molecule has 8 nitrogen and oxygen atoms in total. The first-order valence-electron chi connectivity index (χ1n) is 11.7. The lowest BCUT2D eigenvalue weighted by molar-refractivity contribution is -0.145. The number of nitrogens with two attached hydrogens (primary N) is 1. The number of nitrogens with zero attached hydrogens (tertiary/aromatic N) is 1. The molecule has 0 aliphatic rings. The summed E-state index contributed by atoms with van der Waals surface area (Å²) in [7, 11) is 0. The van der Waals surface area contributed by atoms with Gasteiger partial charge in [0.25, 0.3) is 5.91 Å². The van der Waals surface area contributed by atoms with Crippen molar-refractivity contribution in [1.82, 2.24) is 15.3 Å². The molecule has 198 valence electrons. The lowest BCUT2D eigenvalue weighted by Gasteiger charge is -2.16. The Bertz CT molecular complexity index is 1410. The quantitative estimate of drug-likeness (QED) is 0.274. The summed E-state index contributed by atoms with van der Waals surface area (Å²) in [6.45, 7) is 1.64. The van der Waals surface area contributed by atoms with E-state index in [1.165, 1.54) is 18.5 Å². The molecule has 0 aliphatic heterocycles. The van der Waals surface area contributed by atoms with Crippen molar-refractivity contribution in [3.8, 4) is 11.5 Å². The van der Waals surface area contributed by atoms with Gasteiger partial charge in [-0.1, -0.05) is 12.1 Å². The van der Waals surface area contributed by atoms with Crippen LogP contribution in [0.25, 0.3) is 10.8 Å². The lowest BCUT2D eigenvalue weighted by atomic mass is 10.1. The number of ether oxygens (including phenoxy) is 2. The van der Waals surface area contributed by atoms with Gasteiger partial charge in [-0.05, 0) is 60.8 Å². The van der Waals surface area contributed by atoms with Crippen molar-refractivity contribution in [3.63, 3.8) is 0 Å². The van der Waals surface area contributed by atoms with Gasteiger partial charge >= 0.3 is 12.1 Å². The zero-order chi connectivity index (χ0) is 27.3. The first kappa shape index (κ1) is 26.7. The van der Waals surface area contributed by atoms with Crippen molar-refractivity contribution in [2.24, 2.45) is 5.73 Å². The molecule has 0 saturated heterocycles.